The number of Topliss-reactive ketones (excluding diaryl/α,β-unsaturated/α-hetero) is 7. The van der Waals surface area contributed by atoms with E-state index in [9.17, 15) is 33.6 Å². The van der Waals surface area contributed by atoms with Crippen LogP contribution in [0, 0.1) is 26.7 Å². The van der Waals surface area contributed by atoms with Gasteiger partial charge >= 0.3 is 0 Å². The first-order chi connectivity index (χ1) is 64.1. The number of carbonyl (C=O) groups is 7. The molecular weight excluding hydrogens is 1790 g/mol. The number of carbonyl (C=O) groups excluding carboxylic acids is 7. The topological polar surface area (TPSA) is 129 Å². The lowest BCUT2D eigenvalue weighted by atomic mass is 9.84. The Balaban J connectivity index is 0.000000162. The van der Waals surface area contributed by atoms with Crippen molar-refractivity contribution < 1.29 is 38.3 Å². The van der Waals surface area contributed by atoms with Crippen LogP contribution in [0.3, 0.4) is 0 Å². The molecule has 0 aromatic heterocycles. The zero-order valence-electron chi connectivity index (χ0n) is 83.3. The number of ether oxygens (including phenoxy) is 1. The van der Waals surface area contributed by atoms with Gasteiger partial charge < -0.3 is 4.74 Å². The summed E-state index contributed by atoms with van der Waals surface area (Å²) < 4.78 is 5.14. The van der Waals surface area contributed by atoms with E-state index in [1.54, 1.807) is 11.8 Å². The number of benzene rings is 8. The van der Waals surface area contributed by atoms with Gasteiger partial charge in [0.15, 0.2) is 37.3 Å². The highest BCUT2D eigenvalue weighted by Gasteiger charge is 2.51. The summed E-state index contributed by atoms with van der Waals surface area (Å²) in [4.78, 5) is 90.3. The Morgan fingerprint density at radius 2 is 0.789 bits per heavy atom. The van der Waals surface area contributed by atoms with Crippen molar-refractivity contribution in [2.45, 2.75) is 302 Å². The zero-order valence-corrected chi connectivity index (χ0v) is 89.8. The van der Waals surface area contributed by atoms with Crippen molar-refractivity contribution in [3.63, 3.8) is 0 Å². The van der Waals surface area contributed by atoms with Crippen LogP contribution in [0.15, 0.2) is 216 Å². The molecule has 5 aliphatic heterocycles. The van der Waals surface area contributed by atoms with E-state index in [-0.39, 0.29) is 69.4 Å². The van der Waals surface area contributed by atoms with Crippen molar-refractivity contribution in [2.75, 3.05) is 87.1 Å². The molecule has 16 rings (SSSR count). The molecule has 3 saturated carbocycles. The van der Waals surface area contributed by atoms with Crippen LogP contribution in [0.2, 0.25) is 0 Å². The summed E-state index contributed by atoms with van der Waals surface area (Å²) in [5, 5.41) is 2.54. The van der Waals surface area contributed by atoms with Gasteiger partial charge in [0.25, 0.3) is 0 Å². The normalized spacial score (nSPS) is 18.0. The maximum atomic E-state index is 13.5. The molecule has 0 radical (unpaired) electrons. The summed E-state index contributed by atoms with van der Waals surface area (Å²) in [6.45, 7) is 30.7. The third-order valence-corrected chi connectivity index (χ3v) is 48.9. The SMILES string of the molecule is CC(C(=O)c1ccc(C2CCCCC2)cc1)[S+]1CCCC1.CC(C)(C(=O)c1ccc(Sc2ccccc2)cc1)[S+]1CCCC1.CC(C)(C(=O)c1ccccc1)[S+]1CCCC1.CC(C)[S+](C1CCCCC1)C(C(=O)c1ccccc1)C1CCCC1.CCOc1cc(C)c(C(=O)C[S+]2CCCC2)c(C)c1.CC[S+](CC(=O)c1ccccc1)C(C)C.Cc1ccc(C(=O)C[S+]2CCCC2)cc1. The molecule has 8 fully saturated rings. The Morgan fingerprint density at radius 1 is 0.398 bits per heavy atom. The molecule has 4 unspecified atom stereocenters. The van der Waals surface area contributed by atoms with Gasteiger partial charge in [0.2, 0.25) is 40.5 Å². The number of rotatable bonds is 31. The monoisotopic (exact) mass is 1950 g/mol. The van der Waals surface area contributed by atoms with E-state index < -0.39 is 0 Å². The van der Waals surface area contributed by atoms with E-state index in [0.717, 1.165) is 84.2 Å². The quantitative estimate of drug-likeness (QED) is 0.0308. The fraction of sp³-hybridized carbons (Fsp3) is 0.530. The first-order valence-electron chi connectivity index (χ1n) is 50.5. The van der Waals surface area contributed by atoms with Gasteiger partial charge in [0, 0.05) is 87.3 Å². The average molecular weight is 1950 g/mol. The number of aryl methyl sites for hydroxylation is 3. The minimum atomic E-state index is -0.218. The van der Waals surface area contributed by atoms with Crippen LogP contribution in [-0.2, 0) is 76.3 Å². The van der Waals surface area contributed by atoms with Gasteiger partial charge in [0.1, 0.15) is 84.8 Å². The largest absolute Gasteiger partial charge is 0.494 e. The number of hydrogen-bond donors (Lipinski definition) is 0. The summed E-state index contributed by atoms with van der Waals surface area (Å²) in [5.74, 6) is 20.5. The molecule has 0 spiro atoms. The molecule has 0 bridgehead atoms. The van der Waals surface area contributed by atoms with Gasteiger partial charge in [-0.2, -0.15) is 0 Å². The molecule has 3 aliphatic carbocycles. The van der Waals surface area contributed by atoms with Crippen LogP contribution in [0.4, 0.5) is 0 Å². The lowest BCUT2D eigenvalue weighted by Crippen LogP contribution is -2.47. The fourth-order valence-electron chi connectivity index (χ4n) is 19.8. The van der Waals surface area contributed by atoms with E-state index in [1.165, 1.54) is 233 Å². The van der Waals surface area contributed by atoms with Crippen LogP contribution < -0.4 is 4.74 Å². The van der Waals surface area contributed by atoms with E-state index in [2.05, 4.69) is 118 Å². The van der Waals surface area contributed by atoms with Gasteiger partial charge in [-0.05, 0) is 315 Å². The molecule has 5 heterocycles. The van der Waals surface area contributed by atoms with Gasteiger partial charge in [-0.1, -0.05) is 226 Å². The lowest BCUT2D eigenvalue weighted by Gasteiger charge is -2.32. The third-order valence-electron chi connectivity index (χ3n) is 27.7. The summed E-state index contributed by atoms with van der Waals surface area (Å²) >= 11 is 1.73. The van der Waals surface area contributed by atoms with Crippen LogP contribution in [0.25, 0.3) is 0 Å². The molecule has 0 amide bonds. The standard InChI is InChI=1S/C22H33OS.C20H23OS2.C19H27OS.C16H23O2S.C14H19OS.C13H17OS.C13H19OS/c1-17(2)24(20-15-7-4-8-16-20)22(19-13-9-10-14-19)21(23)18-11-5-3-6-12-18;1-20(2,23-14-6-7-15-23)19(21)16-10-12-18(13-11-16)22-17-8-4-3-5-9-17;1-15(21-13-5-6-14-21)19(20)18-11-9-17(10-12-18)16-7-3-2-4-8-16;1-4-18-14-9-12(2)16(13(3)10-14)15(17)11-19-7-5-6-8-19;1-14(2,16-10-6-7-11-16)13(15)12-8-4-3-5-9-12;1-11-4-6-12(7-5-11)13(14)10-15-8-2-3-9-15;1-4-15(11(2)3)10-13(14)12-8-6-5-7-9-12/h3,5-6,11-12,17,19-20,22H,4,7-10,13-16H2,1-2H3;3-5,8-13H,6-7,14-15H2,1-2H3;9-12,15-16H,2-8,13-14H2,1H3;9-10H,4-8,11H2,1-3H3;3-5,8-9H,6-7,10-11H2,1-2H3;4-7H,2-3,8-10H2,1H3;5-9,11H,4,10H2,1-3H3/q7*+1. The summed E-state index contributed by atoms with van der Waals surface area (Å²) in [7, 11) is 2.05. The van der Waals surface area contributed by atoms with Crippen LogP contribution in [0.5, 0.6) is 5.75 Å². The van der Waals surface area contributed by atoms with E-state index >= 15 is 0 Å². The second kappa shape index (κ2) is 56.9. The van der Waals surface area contributed by atoms with Crippen LogP contribution in [-0.4, -0.2) is 163 Å². The van der Waals surface area contributed by atoms with Crippen molar-refractivity contribution in [3.05, 3.63) is 267 Å². The molecular formula is C117H161O8S8+7. The average Bonchev–Trinajstić information content (AvgIpc) is 1.79. The molecule has 16 heteroatoms. The van der Waals surface area contributed by atoms with Crippen molar-refractivity contribution in [1.29, 1.82) is 0 Å². The second-order valence-corrected chi connectivity index (χ2v) is 58.7. The molecule has 4 atom stereocenters. The minimum Gasteiger partial charge on any atom is -0.494 e. The van der Waals surface area contributed by atoms with Crippen molar-refractivity contribution in [3.8, 4) is 5.75 Å². The summed E-state index contributed by atoms with van der Waals surface area (Å²) in [6, 6.07) is 68.4. The van der Waals surface area contributed by atoms with E-state index in [4.69, 9.17) is 4.74 Å². The number of hydrogen-bond acceptors (Lipinski definition) is 9. The highest BCUT2D eigenvalue weighted by atomic mass is 32.2. The Kier molecular flexibility index (Phi) is 46.7. The van der Waals surface area contributed by atoms with Gasteiger partial charge in [-0.25, -0.2) is 0 Å². The van der Waals surface area contributed by atoms with E-state index in [0.29, 0.717) is 96.2 Å². The Morgan fingerprint density at radius 3 is 1.26 bits per heavy atom. The lowest BCUT2D eigenvalue weighted by molar-refractivity contribution is 0.0949. The number of ketones is 7. The Hall–Kier alpha value is -5.95. The molecule has 0 N–H and O–H groups in total. The molecule has 8 nitrogen and oxygen atoms in total. The maximum absolute atomic E-state index is 13.5. The molecule has 5 saturated heterocycles. The van der Waals surface area contributed by atoms with Crippen LogP contribution in [0.1, 0.15) is 331 Å². The first kappa shape index (κ1) is 109. The van der Waals surface area contributed by atoms with Gasteiger partial charge in [-0.3, -0.25) is 33.6 Å². The van der Waals surface area contributed by atoms with Gasteiger partial charge in [-0.15, -0.1) is 0 Å². The van der Waals surface area contributed by atoms with Crippen molar-refractivity contribution in [2.24, 2.45) is 5.92 Å². The highest BCUT2D eigenvalue weighted by Crippen LogP contribution is 2.42. The maximum Gasteiger partial charge on any atom is 0.217 e. The predicted octanol–water partition coefficient (Wildman–Crippen LogP) is 27.6. The Labute approximate surface area is 828 Å². The van der Waals surface area contributed by atoms with E-state index in [1.807, 2.05) is 185 Å². The van der Waals surface area contributed by atoms with Crippen LogP contribution >= 0.6 is 11.8 Å². The molecule has 8 aromatic rings. The summed E-state index contributed by atoms with van der Waals surface area (Å²) in [5.41, 5.74) is 11.0. The molecule has 8 aromatic carbocycles. The molecule has 133 heavy (non-hydrogen) atoms. The van der Waals surface area contributed by atoms with Crippen molar-refractivity contribution in [1.82, 2.24) is 0 Å². The smallest absolute Gasteiger partial charge is 0.217 e. The molecule has 8 aliphatic rings. The molecule has 718 valence electrons. The summed E-state index contributed by atoms with van der Waals surface area (Å²) in [6.07, 6.45) is 31.9. The zero-order chi connectivity index (χ0) is 95.2. The highest BCUT2D eigenvalue weighted by molar-refractivity contribution is 8.00. The van der Waals surface area contributed by atoms with Crippen molar-refractivity contribution >= 4 is 129 Å². The Bertz CT molecular complexity index is 4770. The predicted molar refractivity (Wildman–Crippen MR) is 589 cm³/mol. The minimum absolute atomic E-state index is 0.169. The third kappa shape index (κ3) is 33.9. The fourth-order valence-corrected chi connectivity index (χ4v) is 38.5. The van der Waals surface area contributed by atoms with Gasteiger partial charge in [0.05, 0.1) is 6.61 Å². The first-order valence-corrected chi connectivity index (χ1v) is 62.6. The second-order valence-electron chi connectivity index (χ2n) is 38.9.